The summed E-state index contributed by atoms with van der Waals surface area (Å²) >= 11 is 0. The van der Waals surface area contributed by atoms with Gasteiger partial charge in [0.25, 0.3) is 5.91 Å². The summed E-state index contributed by atoms with van der Waals surface area (Å²) < 4.78 is 15.2. The summed E-state index contributed by atoms with van der Waals surface area (Å²) in [6, 6.07) is 5.80. The molecule has 3 rings (SSSR count). The summed E-state index contributed by atoms with van der Waals surface area (Å²) in [5.74, 6) is -1.60. The number of hydrogen-bond acceptors (Lipinski definition) is 6. The van der Waals surface area contributed by atoms with E-state index >= 15 is 0 Å². The molecular formula is C26H35FN3NaO5. The number of aliphatic hydroxyl groups excluding tert-OH is 2. The number of nitrogens with one attached hydrogen (secondary N) is 1. The van der Waals surface area contributed by atoms with E-state index in [1.807, 2.05) is 13.8 Å². The number of halogens is 1. The third-order valence-electron chi connectivity index (χ3n) is 6.57. The molecule has 0 spiro atoms. The third kappa shape index (κ3) is 8.38. The van der Waals surface area contributed by atoms with Crippen molar-refractivity contribution in [2.24, 2.45) is 5.92 Å². The van der Waals surface area contributed by atoms with E-state index < -0.39 is 30.4 Å². The van der Waals surface area contributed by atoms with Crippen molar-refractivity contribution in [1.29, 1.82) is 0 Å². The molecule has 2 atom stereocenters. The molecule has 0 aliphatic heterocycles. The number of benzene rings is 1. The molecule has 1 saturated carbocycles. The van der Waals surface area contributed by atoms with E-state index in [1.165, 1.54) is 25.0 Å². The van der Waals surface area contributed by atoms with Crippen molar-refractivity contribution in [3.8, 4) is 5.69 Å². The van der Waals surface area contributed by atoms with E-state index in [4.69, 9.17) is 0 Å². The van der Waals surface area contributed by atoms with Crippen molar-refractivity contribution >= 4 is 11.9 Å². The molecule has 1 amide bonds. The minimum atomic E-state index is -1.38. The molecule has 10 heteroatoms. The predicted octanol–water partition coefficient (Wildman–Crippen LogP) is -0.757. The molecule has 0 unspecified atom stereocenters. The minimum absolute atomic E-state index is 0. The Kier molecular flexibility index (Phi) is 12.0. The molecule has 0 radical (unpaired) electrons. The van der Waals surface area contributed by atoms with E-state index in [9.17, 15) is 29.3 Å². The molecule has 1 aliphatic rings. The van der Waals surface area contributed by atoms with Crippen molar-refractivity contribution < 1.29 is 58.9 Å². The van der Waals surface area contributed by atoms with Gasteiger partial charge in [0.1, 0.15) is 5.82 Å². The van der Waals surface area contributed by atoms with Crippen molar-refractivity contribution in [2.45, 2.75) is 83.3 Å². The van der Waals surface area contributed by atoms with Crippen LogP contribution in [0, 0.1) is 11.7 Å². The van der Waals surface area contributed by atoms with Crippen LogP contribution in [0.5, 0.6) is 0 Å². The maximum Gasteiger partial charge on any atom is 1.00 e. The zero-order valence-electron chi connectivity index (χ0n) is 21.4. The maximum absolute atomic E-state index is 13.6. The van der Waals surface area contributed by atoms with Crippen LogP contribution >= 0.6 is 0 Å². The summed E-state index contributed by atoms with van der Waals surface area (Å²) in [4.78, 5) is 23.9. The third-order valence-corrected chi connectivity index (χ3v) is 6.57. The van der Waals surface area contributed by atoms with Crippen molar-refractivity contribution in [2.75, 3.05) is 6.54 Å². The zero-order valence-corrected chi connectivity index (χ0v) is 23.4. The molecule has 0 bridgehead atoms. The fraction of sp³-hybridized carbons (Fsp3) is 0.577. The van der Waals surface area contributed by atoms with E-state index in [2.05, 4.69) is 10.4 Å². The number of aromatic nitrogens is 2. The van der Waals surface area contributed by atoms with Crippen LogP contribution in [0.4, 0.5) is 4.39 Å². The van der Waals surface area contributed by atoms with Gasteiger partial charge in [-0.05, 0) is 68.2 Å². The van der Waals surface area contributed by atoms with Gasteiger partial charge in [0, 0.05) is 30.2 Å². The normalized spacial score (nSPS) is 15.5. The van der Waals surface area contributed by atoms with Crippen LogP contribution in [-0.4, -0.2) is 50.6 Å². The molecule has 8 nitrogen and oxygen atoms in total. The number of carbonyl (C=O) groups is 2. The number of aliphatic carboxylic acids is 1. The first-order valence-electron chi connectivity index (χ1n) is 12.4. The molecule has 1 fully saturated rings. The van der Waals surface area contributed by atoms with Gasteiger partial charge >= 0.3 is 29.6 Å². The molecule has 192 valence electrons. The second-order valence-corrected chi connectivity index (χ2v) is 9.77. The summed E-state index contributed by atoms with van der Waals surface area (Å²) in [6.45, 7) is 4.52. The molecule has 3 N–H and O–H groups in total. The van der Waals surface area contributed by atoms with Crippen LogP contribution in [0.3, 0.4) is 0 Å². The fourth-order valence-corrected chi connectivity index (χ4v) is 4.82. The number of carboxylic acids is 1. The SMILES string of the molecule is CC(C)c1c(C(=O)NCC2CCCC2)nn(-c2ccc(F)cc2)c1CC[C@@H](O)C[C@@H](O)CC(=O)[O-].[Na+]. The Morgan fingerprint density at radius 3 is 2.39 bits per heavy atom. The van der Waals surface area contributed by atoms with E-state index in [-0.39, 0.29) is 54.2 Å². The standard InChI is InChI=1S/C26H36FN3O5.Na/c1-16(2)24-22(12-11-20(31)13-21(32)14-23(33)34)30(19-9-7-18(27)8-10-19)29-25(24)26(35)28-15-17-5-3-4-6-17;/h7-10,16-17,20-21,31-32H,3-6,11-15H2,1-2H3,(H,28,35)(H,33,34);/q;+1/p-1/t20-,21-;/m1./s1. The van der Waals surface area contributed by atoms with Crippen LogP contribution in [0.1, 0.15) is 86.5 Å². The number of hydrogen-bond donors (Lipinski definition) is 3. The molecule has 36 heavy (non-hydrogen) atoms. The zero-order chi connectivity index (χ0) is 25.5. The van der Waals surface area contributed by atoms with Gasteiger partial charge in [0.15, 0.2) is 5.69 Å². The molecule has 1 aromatic carbocycles. The average molecular weight is 512 g/mol. The summed E-state index contributed by atoms with van der Waals surface area (Å²) in [6.07, 6.45) is 2.30. The number of carboxylic acid groups (broad SMARTS) is 1. The maximum atomic E-state index is 13.6. The Morgan fingerprint density at radius 2 is 1.81 bits per heavy atom. The topological polar surface area (TPSA) is 128 Å². The fourth-order valence-electron chi connectivity index (χ4n) is 4.82. The number of aliphatic hydroxyl groups is 2. The Balaban J connectivity index is 0.00000456. The Bertz CT molecular complexity index is 1010. The van der Waals surface area contributed by atoms with Crippen molar-refractivity contribution in [3.05, 3.63) is 47.0 Å². The summed E-state index contributed by atoms with van der Waals surface area (Å²) in [5.41, 5.74) is 2.36. The Morgan fingerprint density at radius 1 is 1.17 bits per heavy atom. The van der Waals surface area contributed by atoms with Crippen molar-refractivity contribution in [3.63, 3.8) is 0 Å². The molecule has 1 heterocycles. The van der Waals surface area contributed by atoms with Gasteiger partial charge in [0.05, 0.1) is 17.9 Å². The molecule has 0 saturated heterocycles. The number of amides is 1. The van der Waals surface area contributed by atoms with Gasteiger partial charge in [-0.2, -0.15) is 5.10 Å². The van der Waals surface area contributed by atoms with E-state index in [0.717, 1.165) is 18.4 Å². The van der Waals surface area contributed by atoms with Gasteiger partial charge in [-0.3, -0.25) is 4.79 Å². The predicted molar refractivity (Wildman–Crippen MR) is 126 cm³/mol. The Hall–Kier alpha value is -1.78. The smallest absolute Gasteiger partial charge is 0.550 e. The second kappa shape index (κ2) is 14.2. The second-order valence-electron chi connectivity index (χ2n) is 9.77. The van der Waals surface area contributed by atoms with Gasteiger partial charge in [0.2, 0.25) is 0 Å². The van der Waals surface area contributed by atoms with Crippen LogP contribution in [0.15, 0.2) is 24.3 Å². The van der Waals surface area contributed by atoms with Crippen LogP contribution in [0.25, 0.3) is 5.69 Å². The first-order chi connectivity index (χ1) is 16.7. The van der Waals surface area contributed by atoms with E-state index in [0.29, 0.717) is 36.0 Å². The molecule has 1 aromatic heterocycles. The molecular weight excluding hydrogens is 476 g/mol. The van der Waals surface area contributed by atoms with Crippen molar-refractivity contribution in [1.82, 2.24) is 15.1 Å². The Labute approximate surface area is 233 Å². The number of carbonyl (C=O) groups excluding carboxylic acids is 2. The van der Waals surface area contributed by atoms with Gasteiger partial charge in [-0.25, -0.2) is 9.07 Å². The minimum Gasteiger partial charge on any atom is -0.550 e. The first kappa shape index (κ1) is 30.4. The van der Waals surface area contributed by atoms with Crippen LogP contribution in [0.2, 0.25) is 0 Å². The monoisotopic (exact) mass is 511 g/mol. The molecule has 1 aliphatic carbocycles. The van der Waals surface area contributed by atoms with Gasteiger partial charge in [-0.1, -0.05) is 26.7 Å². The first-order valence-corrected chi connectivity index (χ1v) is 12.4. The van der Waals surface area contributed by atoms with Gasteiger partial charge < -0.3 is 25.4 Å². The van der Waals surface area contributed by atoms with Crippen LogP contribution < -0.4 is 40.0 Å². The van der Waals surface area contributed by atoms with Crippen LogP contribution in [-0.2, 0) is 11.2 Å². The number of nitrogens with zero attached hydrogens (tertiary/aromatic N) is 2. The summed E-state index contributed by atoms with van der Waals surface area (Å²) in [7, 11) is 0. The average Bonchev–Trinajstić information content (AvgIpc) is 3.44. The van der Waals surface area contributed by atoms with E-state index in [1.54, 1.807) is 16.8 Å². The van der Waals surface area contributed by atoms with Gasteiger partial charge in [-0.15, -0.1) is 0 Å². The quantitative estimate of drug-likeness (QED) is 0.322. The largest absolute Gasteiger partial charge is 1.00 e. The number of rotatable bonds is 12. The summed E-state index contributed by atoms with van der Waals surface area (Å²) in [5, 5.41) is 38.6. The molecule has 2 aromatic rings.